The molecule has 0 aliphatic heterocycles. The van der Waals surface area contributed by atoms with Gasteiger partial charge in [-0.05, 0) is 49.4 Å². The molecule has 1 spiro atoms. The molecule has 3 nitrogen and oxygen atoms in total. The van der Waals surface area contributed by atoms with Crippen molar-refractivity contribution in [1.82, 2.24) is 5.32 Å². The van der Waals surface area contributed by atoms with Crippen LogP contribution in [0.15, 0.2) is 0 Å². The molecule has 0 aromatic carbocycles. The minimum atomic E-state index is -0.743. The van der Waals surface area contributed by atoms with Gasteiger partial charge in [0.05, 0.1) is 6.54 Å². The lowest BCUT2D eigenvalue weighted by molar-refractivity contribution is -0.136. The summed E-state index contributed by atoms with van der Waals surface area (Å²) in [4.78, 5) is 10.4. The minimum absolute atomic E-state index is 0.119. The van der Waals surface area contributed by atoms with Crippen LogP contribution >= 0.6 is 0 Å². The molecule has 0 aromatic heterocycles. The van der Waals surface area contributed by atoms with Crippen LogP contribution in [0.4, 0.5) is 0 Å². The normalized spacial score (nSPS) is 37.9. The monoisotopic (exact) mass is 225 g/mol. The molecule has 0 radical (unpaired) electrons. The Morgan fingerprint density at radius 3 is 2.62 bits per heavy atom. The van der Waals surface area contributed by atoms with Gasteiger partial charge in [-0.1, -0.05) is 13.8 Å². The number of carboxylic acids is 1. The highest BCUT2D eigenvalue weighted by Gasteiger charge is 2.48. The third-order valence-corrected chi connectivity index (χ3v) is 4.58. The predicted octanol–water partition coefficient (Wildman–Crippen LogP) is 2.27. The fourth-order valence-electron chi connectivity index (χ4n) is 3.55. The molecule has 2 aliphatic rings. The lowest BCUT2D eigenvalue weighted by Crippen LogP contribution is -2.49. The number of hydrogen-bond acceptors (Lipinski definition) is 2. The van der Waals surface area contributed by atoms with Crippen molar-refractivity contribution in [2.45, 2.75) is 52.0 Å². The molecule has 1 atom stereocenters. The van der Waals surface area contributed by atoms with Gasteiger partial charge in [0, 0.05) is 6.04 Å². The summed E-state index contributed by atoms with van der Waals surface area (Å²) in [6, 6.07) is 0.460. The molecule has 2 rings (SSSR count). The summed E-state index contributed by atoms with van der Waals surface area (Å²) in [7, 11) is 0. The van der Waals surface area contributed by atoms with E-state index in [4.69, 9.17) is 5.11 Å². The van der Waals surface area contributed by atoms with Gasteiger partial charge in [0.15, 0.2) is 0 Å². The number of carboxylic acid groups (broad SMARTS) is 1. The van der Waals surface area contributed by atoms with Gasteiger partial charge >= 0.3 is 5.97 Å². The number of nitrogens with one attached hydrogen (secondary N) is 1. The summed E-state index contributed by atoms with van der Waals surface area (Å²) < 4.78 is 0. The Hall–Kier alpha value is -0.570. The highest BCUT2D eigenvalue weighted by molar-refractivity contribution is 5.69. The first kappa shape index (κ1) is 11.9. The van der Waals surface area contributed by atoms with Crippen LogP contribution in [-0.4, -0.2) is 23.7 Å². The Morgan fingerprint density at radius 2 is 2.12 bits per heavy atom. The first-order valence-electron chi connectivity index (χ1n) is 6.46. The summed E-state index contributed by atoms with van der Waals surface area (Å²) in [6.07, 6.45) is 6.51. The Bertz CT molecular complexity index is 269. The Kier molecular flexibility index (Phi) is 3.24. The van der Waals surface area contributed by atoms with Crippen molar-refractivity contribution >= 4 is 5.97 Å². The molecule has 2 saturated carbocycles. The predicted molar refractivity (Wildman–Crippen MR) is 63.3 cm³/mol. The second kappa shape index (κ2) is 4.36. The van der Waals surface area contributed by atoms with E-state index in [-0.39, 0.29) is 6.54 Å². The summed E-state index contributed by atoms with van der Waals surface area (Å²) in [5.41, 5.74) is 0.575. The highest BCUT2D eigenvalue weighted by Crippen LogP contribution is 2.56. The van der Waals surface area contributed by atoms with E-state index < -0.39 is 5.97 Å². The van der Waals surface area contributed by atoms with Crippen molar-refractivity contribution in [3.63, 3.8) is 0 Å². The average molecular weight is 225 g/mol. The van der Waals surface area contributed by atoms with Gasteiger partial charge in [-0.2, -0.15) is 0 Å². The quantitative estimate of drug-likeness (QED) is 0.771. The second-order valence-electron chi connectivity index (χ2n) is 6.13. The van der Waals surface area contributed by atoms with Gasteiger partial charge in [0.2, 0.25) is 0 Å². The largest absolute Gasteiger partial charge is 0.480 e. The average Bonchev–Trinajstić information content (AvgIpc) is 2.57. The molecule has 2 fully saturated rings. The van der Waals surface area contributed by atoms with Gasteiger partial charge in [0.25, 0.3) is 0 Å². The Morgan fingerprint density at radius 1 is 1.44 bits per heavy atom. The van der Waals surface area contributed by atoms with Crippen molar-refractivity contribution in [3.8, 4) is 0 Å². The first-order chi connectivity index (χ1) is 7.51. The summed E-state index contributed by atoms with van der Waals surface area (Å²) in [5, 5.41) is 11.7. The fraction of sp³-hybridized carbons (Fsp3) is 0.923. The maximum atomic E-state index is 10.4. The van der Waals surface area contributed by atoms with E-state index in [2.05, 4.69) is 19.2 Å². The number of aliphatic carboxylic acids is 1. The van der Waals surface area contributed by atoms with Gasteiger partial charge in [-0.25, -0.2) is 0 Å². The van der Waals surface area contributed by atoms with Crippen LogP contribution in [-0.2, 0) is 4.79 Å². The highest BCUT2D eigenvalue weighted by atomic mass is 16.4. The van der Waals surface area contributed by atoms with Crippen LogP contribution in [0.25, 0.3) is 0 Å². The summed E-state index contributed by atoms with van der Waals surface area (Å²) in [5.74, 6) is 0.971. The molecule has 16 heavy (non-hydrogen) atoms. The van der Waals surface area contributed by atoms with Crippen LogP contribution in [0.1, 0.15) is 46.0 Å². The number of rotatable bonds is 4. The molecule has 3 heteroatoms. The van der Waals surface area contributed by atoms with Crippen molar-refractivity contribution in [1.29, 1.82) is 0 Å². The third-order valence-electron chi connectivity index (χ3n) is 4.58. The lowest BCUT2D eigenvalue weighted by atomic mass is 9.63. The van der Waals surface area contributed by atoms with Crippen LogP contribution in [0.3, 0.4) is 0 Å². The van der Waals surface area contributed by atoms with Gasteiger partial charge in [-0.15, -0.1) is 0 Å². The van der Waals surface area contributed by atoms with E-state index in [0.29, 0.717) is 11.5 Å². The van der Waals surface area contributed by atoms with E-state index in [9.17, 15) is 4.79 Å². The smallest absolute Gasteiger partial charge is 0.317 e. The molecule has 0 bridgehead atoms. The molecule has 92 valence electrons. The zero-order chi connectivity index (χ0) is 11.8. The van der Waals surface area contributed by atoms with Crippen LogP contribution < -0.4 is 5.32 Å². The zero-order valence-corrected chi connectivity index (χ0v) is 10.3. The molecule has 1 unspecified atom stereocenters. The van der Waals surface area contributed by atoms with E-state index in [1.807, 2.05) is 0 Å². The molecular formula is C13H23NO2. The van der Waals surface area contributed by atoms with E-state index in [1.54, 1.807) is 0 Å². The second-order valence-corrected chi connectivity index (χ2v) is 6.13. The van der Waals surface area contributed by atoms with Crippen LogP contribution in [0.5, 0.6) is 0 Å². The molecular weight excluding hydrogens is 202 g/mol. The first-order valence-corrected chi connectivity index (χ1v) is 6.46. The van der Waals surface area contributed by atoms with Gasteiger partial charge in [0.1, 0.15) is 0 Å². The van der Waals surface area contributed by atoms with Gasteiger partial charge < -0.3 is 10.4 Å². The molecule has 0 aromatic rings. The Labute approximate surface area is 97.6 Å². The van der Waals surface area contributed by atoms with E-state index in [0.717, 1.165) is 11.8 Å². The Balaban J connectivity index is 1.73. The van der Waals surface area contributed by atoms with Crippen molar-refractivity contribution in [2.24, 2.45) is 17.3 Å². The van der Waals surface area contributed by atoms with Gasteiger partial charge in [-0.3, -0.25) is 4.79 Å². The SMILES string of the molecule is CC(C)C1CCC2(CC(NCC(=O)O)C2)C1. The maximum Gasteiger partial charge on any atom is 0.317 e. The van der Waals surface area contributed by atoms with Crippen LogP contribution in [0, 0.1) is 17.3 Å². The standard InChI is InChI=1S/C13H23NO2/c1-9(2)10-3-4-13(5-10)6-11(7-13)14-8-12(15)16/h9-11,14H,3-8H2,1-2H3,(H,15,16). The summed E-state index contributed by atoms with van der Waals surface area (Å²) >= 11 is 0. The minimum Gasteiger partial charge on any atom is -0.480 e. The van der Waals surface area contributed by atoms with E-state index >= 15 is 0 Å². The number of hydrogen-bond donors (Lipinski definition) is 2. The third kappa shape index (κ3) is 2.40. The van der Waals surface area contributed by atoms with E-state index in [1.165, 1.54) is 32.1 Å². The number of carbonyl (C=O) groups is 1. The molecule has 0 amide bonds. The molecule has 2 N–H and O–H groups in total. The molecule has 0 heterocycles. The topological polar surface area (TPSA) is 49.3 Å². The molecule has 2 aliphatic carbocycles. The fourth-order valence-corrected chi connectivity index (χ4v) is 3.55. The van der Waals surface area contributed by atoms with Crippen molar-refractivity contribution in [2.75, 3.05) is 6.54 Å². The summed E-state index contributed by atoms with van der Waals surface area (Å²) in [6.45, 7) is 4.76. The van der Waals surface area contributed by atoms with Crippen molar-refractivity contribution < 1.29 is 9.90 Å². The lowest BCUT2D eigenvalue weighted by Gasteiger charge is -2.46. The molecule has 0 saturated heterocycles. The van der Waals surface area contributed by atoms with Crippen LogP contribution in [0.2, 0.25) is 0 Å². The maximum absolute atomic E-state index is 10.4. The van der Waals surface area contributed by atoms with Crippen molar-refractivity contribution in [3.05, 3.63) is 0 Å². The zero-order valence-electron chi connectivity index (χ0n) is 10.3.